The number of rotatable bonds is 5. The van der Waals surface area contributed by atoms with Gasteiger partial charge in [-0.25, -0.2) is 0 Å². The van der Waals surface area contributed by atoms with Gasteiger partial charge in [-0.2, -0.15) is 13.2 Å². The highest BCUT2D eigenvalue weighted by Gasteiger charge is 2.37. The minimum absolute atomic E-state index is 0.146. The number of anilines is 1. The van der Waals surface area contributed by atoms with E-state index in [9.17, 15) is 27.6 Å². The molecule has 134 valence electrons. The van der Waals surface area contributed by atoms with Crippen molar-refractivity contribution in [2.75, 3.05) is 11.9 Å². The lowest BCUT2D eigenvalue weighted by Crippen LogP contribution is -2.36. The fourth-order valence-corrected chi connectivity index (χ4v) is 2.55. The summed E-state index contributed by atoms with van der Waals surface area (Å²) < 4.78 is 36.7. The Balaban J connectivity index is 2.05. The molecule has 1 amide bonds. The zero-order chi connectivity index (χ0) is 18.6. The number of nitrogens with one attached hydrogen (secondary N) is 1. The summed E-state index contributed by atoms with van der Waals surface area (Å²) in [5.74, 6) is -2.51. The van der Waals surface area contributed by atoms with Gasteiger partial charge >= 0.3 is 6.18 Å². The Morgan fingerprint density at radius 3 is 2.64 bits per heavy atom. The molecule has 8 heteroatoms. The Kier molecular flexibility index (Phi) is 5.61. The molecule has 0 spiro atoms. The SMILES string of the molecule is CC(=O)c1cccc(NC(=O)[C@@H]2CCCN2/C=C/C(=O)C(F)(F)F)c1. The molecule has 1 atom stereocenters. The van der Waals surface area contributed by atoms with Crippen LogP contribution >= 0.6 is 0 Å². The predicted octanol–water partition coefficient (Wildman–Crippen LogP) is 2.94. The molecule has 25 heavy (non-hydrogen) atoms. The van der Waals surface area contributed by atoms with Gasteiger partial charge in [-0.1, -0.05) is 12.1 Å². The number of hydrogen-bond donors (Lipinski definition) is 1. The second-order valence-corrected chi connectivity index (χ2v) is 5.70. The quantitative estimate of drug-likeness (QED) is 0.652. The number of carbonyl (C=O) groups is 3. The van der Waals surface area contributed by atoms with Crippen molar-refractivity contribution < 1.29 is 27.6 Å². The normalized spacial score (nSPS) is 17.8. The van der Waals surface area contributed by atoms with Crippen molar-refractivity contribution >= 4 is 23.2 Å². The number of allylic oxidation sites excluding steroid dienone is 1. The molecule has 0 aromatic heterocycles. The minimum atomic E-state index is -4.93. The fraction of sp³-hybridized carbons (Fsp3) is 0.353. The lowest BCUT2D eigenvalue weighted by Gasteiger charge is -2.22. The zero-order valence-electron chi connectivity index (χ0n) is 13.5. The maximum absolute atomic E-state index is 12.4. The van der Waals surface area contributed by atoms with Crippen LogP contribution in [0, 0.1) is 0 Å². The highest BCUT2D eigenvalue weighted by Crippen LogP contribution is 2.22. The summed E-state index contributed by atoms with van der Waals surface area (Å²) in [5.41, 5.74) is 0.872. The van der Waals surface area contributed by atoms with Crippen LogP contribution < -0.4 is 5.32 Å². The molecular weight excluding hydrogens is 337 g/mol. The summed E-state index contributed by atoms with van der Waals surface area (Å²) in [6, 6.07) is 5.72. The van der Waals surface area contributed by atoms with Crippen molar-refractivity contribution in [3.05, 3.63) is 42.1 Å². The highest BCUT2D eigenvalue weighted by molar-refractivity contribution is 5.98. The molecule has 1 aromatic carbocycles. The van der Waals surface area contributed by atoms with E-state index in [0.717, 1.165) is 6.20 Å². The number of carbonyl (C=O) groups excluding carboxylic acids is 3. The Labute approximate surface area is 142 Å². The van der Waals surface area contributed by atoms with Gasteiger partial charge in [0.05, 0.1) is 0 Å². The van der Waals surface area contributed by atoms with Gasteiger partial charge in [0.2, 0.25) is 5.91 Å². The number of alkyl halides is 3. The molecule has 0 saturated carbocycles. The summed E-state index contributed by atoms with van der Waals surface area (Å²) in [7, 11) is 0. The van der Waals surface area contributed by atoms with Crippen molar-refractivity contribution in [1.82, 2.24) is 4.90 Å². The Morgan fingerprint density at radius 2 is 2.00 bits per heavy atom. The number of amides is 1. The fourth-order valence-electron chi connectivity index (χ4n) is 2.55. The van der Waals surface area contributed by atoms with Crippen molar-refractivity contribution in [1.29, 1.82) is 0 Å². The van der Waals surface area contributed by atoms with Crippen molar-refractivity contribution in [3.63, 3.8) is 0 Å². The number of hydrogen-bond acceptors (Lipinski definition) is 4. The molecule has 1 heterocycles. The molecule has 0 bridgehead atoms. The summed E-state index contributed by atoms with van der Waals surface area (Å²) in [5, 5.41) is 2.65. The van der Waals surface area contributed by atoms with Gasteiger partial charge in [0.15, 0.2) is 5.78 Å². The number of Topliss-reactive ketones (excluding diaryl/α,β-unsaturated/α-hetero) is 1. The molecular formula is C17H17F3N2O3. The van der Waals surface area contributed by atoms with E-state index in [1.165, 1.54) is 17.9 Å². The molecule has 1 aliphatic heterocycles. The monoisotopic (exact) mass is 354 g/mol. The topological polar surface area (TPSA) is 66.5 Å². The molecule has 1 N–H and O–H groups in total. The Morgan fingerprint density at radius 1 is 1.28 bits per heavy atom. The standard InChI is InChI=1S/C17H17F3N2O3/c1-11(23)12-4-2-5-13(10-12)21-16(25)14-6-3-8-22(14)9-7-15(24)17(18,19)20/h2,4-5,7,9-10,14H,3,6,8H2,1H3,(H,21,25)/b9-7+/t14-/m0/s1. The van der Waals surface area contributed by atoms with Crippen molar-refractivity contribution in [3.8, 4) is 0 Å². The summed E-state index contributed by atoms with van der Waals surface area (Å²) in [6.07, 6.45) is -2.40. The van der Waals surface area contributed by atoms with Crippen LogP contribution in [0.25, 0.3) is 0 Å². The molecule has 1 aliphatic rings. The molecule has 1 aromatic rings. The predicted molar refractivity (Wildman–Crippen MR) is 85.0 cm³/mol. The maximum Gasteiger partial charge on any atom is 0.454 e. The number of halogens is 3. The van der Waals surface area contributed by atoms with Crippen LogP contribution in [-0.4, -0.2) is 41.1 Å². The van der Waals surface area contributed by atoms with Crippen molar-refractivity contribution in [2.24, 2.45) is 0 Å². The van der Waals surface area contributed by atoms with Crippen LogP contribution in [0.2, 0.25) is 0 Å². The van der Waals surface area contributed by atoms with Gasteiger partial charge < -0.3 is 10.2 Å². The number of benzene rings is 1. The first-order chi connectivity index (χ1) is 11.7. The van der Waals surface area contributed by atoms with Crippen LogP contribution in [-0.2, 0) is 9.59 Å². The van der Waals surface area contributed by atoms with E-state index in [-0.39, 0.29) is 5.78 Å². The maximum atomic E-state index is 12.4. The Hall–Kier alpha value is -2.64. The van der Waals surface area contributed by atoms with E-state index in [2.05, 4.69) is 5.32 Å². The van der Waals surface area contributed by atoms with E-state index in [1.54, 1.807) is 18.2 Å². The van der Waals surface area contributed by atoms with Crippen LogP contribution in [0.15, 0.2) is 36.5 Å². The molecule has 5 nitrogen and oxygen atoms in total. The van der Waals surface area contributed by atoms with E-state index >= 15 is 0 Å². The third-order valence-corrected chi connectivity index (χ3v) is 3.83. The Bertz CT molecular complexity index is 713. The second kappa shape index (κ2) is 7.50. The van der Waals surface area contributed by atoms with E-state index in [1.807, 2.05) is 0 Å². The average molecular weight is 354 g/mol. The molecule has 0 radical (unpaired) electrons. The van der Waals surface area contributed by atoms with Gasteiger partial charge in [-0.05, 0) is 31.9 Å². The first-order valence-electron chi connectivity index (χ1n) is 7.65. The minimum Gasteiger partial charge on any atom is -0.365 e. The zero-order valence-corrected chi connectivity index (χ0v) is 13.5. The largest absolute Gasteiger partial charge is 0.454 e. The molecule has 2 rings (SSSR count). The molecule has 0 aliphatic carbocycles. The van der Waals surface area contributed by atoms with Gasteiger partial charge in [-0.3, -0.25) is 14.4 Å². The smallest absolute Gasteiger partial charge is 0.365 e. The average Bonchev–Trinajstić information content (AvgIpc) is 3.00. The third kappa shape index (κ3) is 4.91. The number of ketones is 2. The van der Waals surface area contributed by atoms with Crippen molar-refractivity contribution in [2.45, 2.75) is 32.0 Å². The van der Waals surface area contributed by atoms with Gasteiger partial charge in [-0.15, -0.1) is 0 Å². The first-order valence-corrected chi connectivity index (χ1v) is 7.65. The van der Waals surface area contributed by atoms with Gasteiger partial charge in [0, 0.05) is 30.1 Å². The summed E-state index contributed by atoms with van der Waals surface area (Å²) in [4.78, 5) is 36.1. The third-order valence-electron chi connectivity index (χ3n) is 3.83. The van der Waals surface area contributed by atoms with E-state index < -0.39 is 23.9 Å². The van der Waals surface area contributed by atoms with Crippen LogP contribution in [0.5, 0.6) is 0 Å². The van der Waals surface area contributed by atoms with E-state index in [0.29, 0.717) is 36.7 Å². The molecule has 1 saturated heterocycles. The molecule has 0 unspecified atom stereocenters. The van der Waals surface area contributed by atoms with E-state index in [4.69, 9.17) is 0 Å². The second-order valence-electron chi connectivity index (χ2n) is 5.70. The van der Waals surface area contributed by atoms with Gasteiger partial charge in [0.1, 0.15) is 6.04 Å². The lowest BCUT2D eigenvalue weighted by atomic mass is 10.1. The van der Waals surface area contributed by atoms with Gasteiger partial charge in [0.25, 0.3) is 5.78 Å². The van der Waals surface area contributed by atoms with Crippen LogP contribution in [0.1, 0.15) is 30.1 Å². The highest BCUT2D eigenvalue weighted by atomic mass is 19.4. The number of likely N-dealkylation sites (tertiary alicyclic amines) is 1. The van der Waals surface area contributed by atoms with Crippen LogP contribution in [0.3, 0.4) is 0 Å². The summed E-state index contributed by atoms with van der Waals surface area (Å²) in [6.45, 7) is 1.79. The number of nitrogens with zero attached hydrogens (tertiary/aromatic N) is 1. The summed E-state index contributed by atoms with van der Waals surface area (Å²) >= 11 is 0. The van der Waals surface area contributed by atoms with Crippen LogP contribution in [0.4, 0.5) is 18.9 Å². The lowest BCUT2D eigenvalue weighted by molar-refractivity contribution is -0.165. The first kappa shape index (κ1) is 18.7. The molecule has 1 fully saturated rings.